The summed E-state index contributed by atoms with van der Waals surface area (Å²) in [4.78, 5) is 0. The normalized spacial score (nSPS) is 15.0. The molecule has 0 bridgehead atoms. The zero-order valence-electron chi connectivity index (χ0n) is 13.0. The second-order valence-corrected chi connectivity index (χ2v) is 5.62. The number of methoxy groups -OCH3 is 1. The van der Waals surface area contributed by atoms with Gasteiger partial charge in [0.05, 0.1) is 13.2 Å². The van der Waals surface area contributed by atoms with Crippen molar-refractivity contribution in [1.29, 1.82) is 0 Å². The van der Waals surface area contributed by atoms with Crippen LogP contribution in [0.5, 0.6) is 0 Å². The Balaban J connectivity index is 3.76. The van der Waals surface area contributed by atoms with Crippen molar-refractivity contribution in [2.24, 2.45) is 11.8 Å². The predicted molar refractivity (Wildman–Crippen MR) is 78.0 cm³/mol. The molecule has 0 aliphatic rings. The van der Waals surface area contributed by atoms with Crippen molar-refractivity contribution in [2.75, 3.05) is 33.5 Å². The lowest BCUT2D eigenvalue weighted by atomic mass is 9.92. The standard InChI is InChI=1S/C15H33NO2/c1-6-16-15(7-8-18-10-9-17-5)12-14(4)11-13(2)3/h13-16H,6-12H2,1-5H3. The van der Waals surface area contributed by atoms with Crippen molar-refractivity contribution in [3.8, 4) is 0 Å². The van der Waals surface area contributed by atoms with E-state index in [0.717, 1.165) is 31.4 Å². The zero-order valence-corrected chi connectivity index (χ0v) is 13.0. The fourth-order valence-electron chi connectivity index (χ4n) is 2.45. The lowest BCUT2D eigenvalue weighted by Gasteiger charge is -2.23. The second-order valence-electron chi connectivity index (χ2n) is 5.62. The Morgan fingerprint density at radius 2 is 1.72 bits per heavy atom. The summed E-state index contributed by atoms with van der Waals surface area (Å²) in [6.45, 7) is 12.4. The Morgan fingerprint density at radius 1 is 1.00 bits per heavy atom. The number of ether oxygens (including phenoxy) is 2. The van der Waals surface area contributed by atoms with Crippen molar-refractivity contribution in [3.05, 3.63) is 0 Å². The van der Waals surface area contributed by atoms with Crippen molar-refractivity contribution in [1.82, 2.24) is 5.32 Å². The quantitative estimate of drug-likeness (QED) is 0.546. The number of rotatable bonds is 12. The van der Waals surface area contributed by atoms with Gasteiger partial charge in [0.1, 0.15) is 0 Å². The summed E-state index contributed by atoms with van der Waals surface area (Å²) in [5.41, 5.74) is 0. The highest BCUT2D eigenvalue weighted by Gasteiger charge is 2.13. The molecule has 3 heteroatoms. The molecule has 110 valence electrons. The fourth-order valence-corrected chi connectivity index (χ4v) is 2.45. The minimum absolute atomic E-state index is 0.589. The van der Waals surface area contributed by atoms with Gasteiger partial charge < -0.3 is 14.8 Å². The van der Waals surface area contributed by atoms with E-state index >= 15 is 0 Å². The van der Waals surface area contributed by atoms with Crippen LogP contribution < -0.4 is 5.32 Å². The lowest BCUT2D eigenvalue weighted by Crippen LogP contribution is -2.32. The molecule has 0 rings (SSSR count). The van der Waals surface area contributed by atoms with Gasteiger partial charge >= 0.3 is 0 Å². The van der Waals surface area contributed by atoms with E-state index in [2.05, 4.69) is 33.0 Å². The summed E-state index contributed by atoms with van der Waals surface area (Å²) in [5.74, 6) is 1.58. The van der Waals surface area contributed by atoms with Crippen LogP contribution in [-0.4, -0.2) is 39.5 Å². The Bertz CT molecular complexity index is 174. The third-order valence-corrected chi connectivity index (χ3v) is 3.10. The maximum atomic E-state index is 5.55. The molecule has 0 fully saturated rings. The first-order chi connectivity index (χ1) is 8.60. The van der Waals surface area contributed by atoms with Crippen LogP contribution in [0.2, 0.25) is 0 Å². The molecule has 0 aromatic carbocycles. The van der Waals surface area contributed by atoms with Gasteiger partial charge in [-0.1, -0.05) is 27.7 Å². The Hall–Kier alpha value is -0.120. The molecule has 0 amide bonds. The SMILES string of the molecule is CCNC(CCOCCOC)CC(C)CC(C)C. The van der Waals surface area contributed by atoms with Gasteiger partial charge in [-0.25, -0.2) is 0 Å². The minimum Gasteiger partial charge on any atom is -0.382 e. The van der Waals surface area contributed by atoms with Gasteiger partial charge in [-0.15, -0.1) is 0 Å². The molecule has 0 saturated carbocycles. The van der Waals surface area contributed by atoms with Crippen LogP contribution in [-0.2, 0) is 9.47 Å². The van der Waals surface area contributed by atoms with Crippen LogP contribution in [0.15, 0.2) is 0 Å². The van der Waals surface area contributed by atoms with Crippen LogP contribution in [0, 0.1) is 11.8 Å². The third-order valence-electron chi connectivity index (χ3n) is 3.10. The molecule has 0 saturated heterocycles. The molecule has 0 aromatic heterocycles. The van der Waals surface area contributed by atoms with E-state index in [4.69, 9.17) is 9.47 Å². The first-order valence-electron chi connectivity index (χ1n) is 7.40. The molecule has 0 aliphatic carbocycles. The van der Waals surface area contributed by atoms with Gasteiger partial charge in [0, 0.05) is 19.8 Å². The number of hydrogen-bond donors (Lipinski definition) is 1. The highest BCUT2D eigenvalue weighted by molar-refractivity contribution is 4.70. The van der Waals surface area contributed by atoms with Gasteiger partial charge in [-0.3, -0.25) is 0 Å². The lowest BCUT2D eigenvalue weighted by molar-refractivity contribution is 0.0647. The van der Waals surface area contributed by atoms with Gasteiger partial charge in [0.2, 0.25) is 0 Å². The molecule has 1 N–H and O–H groups in total. The molecule has 0 aromatic rings. The zero-order chi connectivity index (χ0) is 13.8. The van der Waals surface area contributed by atoms with Crippen molar-refractivity contribution in [3.63, 3.8) is 0 Å². The molecule has 0 heterocycles. The molecule has 3 nitrogen and oxygen atoms in total. The first kappa shape index (κ1) is 17.9. The number of nitrogens with one attached hydrogen (secondary N) is 1. The highest BCUT2D eigenvalue weighted by atomic mass is 16.5. The second kappa shape index (κ2) is 11.9. The monoisotopic (exact) mass is 259 g/mol. The Labute approximate surface area is 114 Å². The van der Waals surface area contributed by atoms with E-state index < -0.39 is 0 Å². The average molecular weight is 259 g/mol. The number of hydrogen-bond acceptors (Lipinski definition) is 3. The van der Waals surface area contributed by atoms with E-state index in [-0.39, 0.29) is 0 Å². The smallest absolute Gasteiger partial charge is 0.0700 e. The predicted octanol–water partition coefficient (Wildman–Crippen LogP) is 3.09. The first-order valence-corrected chi connectivity index (χ1v) is 7.40. The van der Waals surface area contributed by atoms with Crippen molar-refractivity contribution < 1.29 is 9.47 Å². The van der Waals surface area contributed by atoms with E-state index in [1.165, 1.54) is 12.8 Å². The van der Waals surface area contributed by atoms with Crippen LogP contribution >= 0.6 is 0 Å². The topological polar surface area (TPSA) is 30.5 Å². The molecule has 0 spiro atoms. The summed E-state index contributed by atoms with van der Waals surface area (Å²) >= 11 is 0. The van der Waals surface area contributed by atoms with Crippen LogP contribution in [0.1, 0.15) is 47.0 Å². The van der Waals surface area contributed by atoms with E-state index in [0.29, 0.717) is 19.3 Å². The van der Waals surface area contributed by atoms with Gasteiger partial charge in [0.25, 0.3) is 0 Å². The van der Waals surface area contributed by atoms with Crippen molar-refractivity contribution >= 4 is 0 Å². The third kappa shape index (κ3) is 11.0. The largest absolute Gasteiger partial charge is 0.382 e. The Kier molecular flexibility index (Phi) is 11.9. The van der Waals surface area contributed by atoms with Crippen LogP contribution in [0.3, 0.4) is 0 Å². The molecule has 2 atom stereocenters. The molecule has 0 aliphatic heterocycles. The molecule has 2 unspecified atom stereocenters. The fraction of sp³-hybridized carbons (Fsp3) is 1.00. The van der Waals surface area contributed by atoms with E-state index in [9.17, 15) is 0 Å². The summed E-state index contributed by atoms with van der Waals surface area (Å²) < 4.78 is 10.5. The van der Waals surface area contributed by atoms with Gasteiger partial charge in [-0.05, 0) is 37.6 Å². The van der Waals surface area contributed by atoms with Crippen LogP contribution in [0.25, 0.3) is 0 Å². The van der Waals surface area contributed by atoms with Gasteiger partial charge in [0.15, 0.2) is 0 Å². The average Bonchev–Trinajstić information content (AvgIpc) is 2.27. The Morgan fingerprint density at radius 3 is 2.28 bits per heavy atom. The van der Waals surface area contributed by atoms with Gasteiger partial charge in [-0.2, -0.15) is 0 Å². The summed E-state index contributed by atoms with van der Waals surface area (Å²) in [7, 11) is 1.71. The summed E-state index contributed by atoms with van der Waals surface area (Å²) in [6.07, 6.45) is 3.66. The molecular formula is C15H33NO2. The molecule has 18 heavy (non-hydrogen) atoms. The van der Waals surface area contributed by atoms with E-state index in [1.807, 2.05) is 0 Å². The summed E-state index contributed by atoms with van der Waals surface area (Å²) in [5, 5.41) is 3.57. The molecule has 0 radical (unpaired) electrons. The maximum Gasteiger partial charge on any atom is 0.0700 e. The maximum absolute atomic E-state index is 5.55. The van der Waals surface area contributed by atoms with Crippen LogP contribution in [0.4, 0.5) is 0 Å². The summed E-state index contributed by atoms with van der Waals surface area (Å²) in [6, 6.07) is 0.589. The van der Waals surface area contributed by atoms with E-state index in [1.54, 1.807) is 7.11 Å². The molecular weight excluding hydrogens is 226 g/mol. The highest BCUT2D eigenvalue weighted by Crippen LogP contribution is 2.17. The minimum atomic E-state index is 0.589. The van der Waals surface area contributed by atoms with Crippen molar-refractivity contribution in [2.45, 2.75) is 53.0 Å².